The average molecular weight is 421 g/mol. The molecule has 0 atom stereocenters. The average Bonchev–Trinajstić information content (AvgIpc) is 2.70. The molecular formula is C21H22ClFN2O2S. The zero-order valence-electron chi connectivity index (χ0n) is 15.4. The van der Waals surface area contributed by atoms with Crippen LogP contribution < -0.4 is 5.32 Å². The van der Waals surface area contributed by atoms with E-state index in [1.807, 2.05) is 4.90 Å². The van der Waals surface area contributed by atoms with Crippen molar-refractivity contribution in [3.63, 3.8) is 0 Å². The number of thioether (sulfide) groups is 1. The highest BCUT2D eigenvalue weighted by Gasteiger charge is 2.21. The second-order valence-corrected chi connectivity index (χ2v) is 8.10. The molecule has 2 aromatic carbocycles. The van der Waals surface area contributed by atoms with Crippen molar-refractivity contribution in [2.45, 2.75) is 25.0 Å². The number of carbonyl (C=O) groups is 2. The topological polar surface area (TPSA) is 49.4 Å². The van der Waals surface area contributed by atoms with E-state index in [0.29, 0.717) is 27.6 Å². The van der Waals surface area contributed by atoms with E-state index in [9.17, 15) is 14.0 Å². The fraction of sp³-hybridized carbons (Fsp3) is 0.333. The van der Waals surface area contributed by atoms with Gasteiger partial charge < -0.3 is 10.2 Å². The molecule has 0 radical (unpaired) electrons. The summed E-state index contributed by atoms with van der Waals surface area (Å²) in [5.74, 6) is -0.123. The van der Waals surface area contributed by atoms with Gasteiger partial charge in [-0.05, 0) is 49.1 Å². The second-order valence-electron chi connectivity index (χ2n) is 6.68. The van der Waals surface area contributed by atoms with Gasteiger partial charge in [-0.25, -0.2) is 4.39 Å². The third-order valence-corrected chi connectivity index (χ3v) is 5.80. The summed E-state index contributed by atoms with van der Waals surface area (Å²) >= 11 is 7.05. The predicted octanol–water partition coefficient (Wildman–Crippen LogP) is 4.98. The highest BCUT2D eigenvalue weighted by molar-refractivity contribution is 7.99. The molecule has 1 saturated heterocycles. The van der Waals surface area contributed by atoms with Crippen molar-refractivity contribution in [1.82, 2.24) is 4.90 Å². The normalized spacial score (nSPS) is 14.0. The molecular weight excluding hydrogens is 399 g/mol. The number of carbonyl (C=O) groups excluding carboxylic acids is 2. The monoisotopic (exact) mass is 420 g/mol. The van der Waals surface area contributed by atoms with Crippen molar-refractivity contribution in [1.29, 1.82) is 0 Å². The Morgan fingerprint density at radius 1 is 1.11 bits per heavy atom. The summed E-state index contributed by atoms with van der Waals surface area (Å²) in [4.78, 5) is 26.9. The maximum absolute atomic E-state index is 13.8. The summed E-state index contributed by atoms with van der Waals surface area (Å²) in [5, 5.41) is 3.16. The van der Waals surface area contributed by atoms with Crippen LogP contribution in [0, 0.1) is 5.82 Å². The van der Waals surface area contributed by atoms with E-state index in [4.69, 9.17) is 11.6 Å². The molecule has 148 valence electrons. The first-order chi connectivity index (χ1) is 13.5. The van der Waals surface area contributed by atoms with Gasteiger partial charge >= 0.3 is 0 Å². The number of para-hydroxylation sites is 1. The van der Waals surface area contributed by atoms with E-state index in [1.165, 1.54) is 17.8 Å². The number of likely N-dealkylation sites (tertiary alicyclic amines) is 1. The summed E-state index contributed by atoms with van der Waals surface area (Å²) in [5.41, 5.74) is 1.52. The molecule has 1 aliphatic heterocycles. The van der Waals surface area contributed by atoms with Gasteiger partial charge in [0.25, 0.3) is 5.91 Å². The Balaban J connectivity index is 1.57. The molecule has 0 aromatic heterocycles. The zero-order valence-corrected chi connectivity index (χ0v) is 17.0. The minimum atomic E-state index is -0.377. The fourth-order valence-corrected chi connectivity index (χ4v) is 4.10. The van der Waals surface area contributed by atoms with E-state index < -0.39 is 0 Å². The summed E-state index contributed by atoms with van der Waals surface area (Å²) in [6, 6.07) is 11.6. The molecule has 4 nitrogen and oxygen atoms in total. The molecule has 1 aliphatic rings. The van der Waals surface area contributed by atoms with Gasteiger partial charge in [-0.15, -0.1) is 11.8 Å². The van der Waals surface area contributed by atoms with Crippen molar-refractivity contribution in [3.8, 4) is 0 Å². The summed E-state index contributed by atoms with van der Waals surface area (Å²) in [6.07, 6.45) is 3.17. The van der Waals surface area contributed by atoms with E-state index >= 15 is 0 Å². The Morgan fingerprint density at radius 3 is 2.61 bits per heavy atom. The Morgan fingerprint density at radius 2 is 1.86 bits per heavy atom. The standard InChI is InChI=1S/C21H22ClFN2O2S/c22-16-9-8-15(18(23)12-16)13-28-14-20(26)24-19-7-3-2-6-17(19)21(27)25-10-4-1-5-11-25/h2-3,6-9,12H,1,4-5,10-11,13-14H2,(H,24,26). The number of hydrogen-bond donors (Lipinski definition) is 1. The highest BCUT2D eigenvalue weighted by atomic mass is 35.5. The molecule has 28 heavy (non-hydrogen) atoms. The number of amides is 2. The van der Waals surface area contributed by atoms with Crippen LogP contribution in [0.5, 0.6) is 0 Å². The molecule has 3 rings (SSSR count). The molecule has 1 N–H and O–H groups in total. The van der Waals surface area contributed by atoms with Crippen LogP contribution in [0.25, 0.3) is 0 Å². The van der Waals surface area contributed by atoms with Gasteiger partial charge in [-0.2, -0.15) is 0 Å². The first-order valence-electron chi connectivity index (χ1n) is 9.24. The SMILES string of the molecule is O=C(CSCc1ccc(Cl)cc1F)Nc1ccccc1C(=O)N1CCCCC1. The van der Waals surface area contributed by atoms with Crippen molar-refractivity contribution in [2.24, 2.45) is 0 Å². The number of halogens is 2. The number of nitrogens with one attached hydrogen (secondary N) is 1. The van der Waals surface area contributed by atoms with E-state index in [0.717, 1.165) is 32.4 Å². The van der Waals surface area contributed by atoms with Crippen LogP contribution in [0.4, 0.5) is 10.1 Å². The van der Waals surface area contributed by atoms with Crippen LogP contribution in [0.3, 0.4) is 0 Å². The molecule has 0 aliphatic carbocycles. The van der Waals surface area contributed by atoms with Gasteiger partial charge in [0, 0.05) is 23.9 Å². The lowest BCUT2D eigenvalue weighted by molar-refractivity contribution is -0.113. The van der Waals surface area contributed by atoms with Crippen LogP contribution in [0.2, 0.25) is 5.02 Å². The fourth-order valence-electron chi connectivity index (χ4n) is 3.12. The third-order valence-electron chi connectivity index (χ3n) is 4.58. The van der Waals surface area contributed by atoms with Crippen LogP contribution in [0.1, 0.15) is 35.2 Å². The first kappa shape index (κ1) is 20.7. The van der Waals surface area contributed by atoms with Crippen LogP contribution in [-0.4, -0.2) is 35.6 Å². The number of anilines is 1. The van der Waals surface area contributed by atoms with E-state index in [2.05, 4.69) is 5.32 Å². The second kappa shape index (κ2) is 9.94. The minimum Gasteiger partial charge on any atom is -0.339 e. The molecule has 2 aromatic rings. The molecule has 0 saturated carbocycles. The molecule has 0 unspecified atom stereocenters. The smallest absolute Gasteiger partial charge is 0.255 e. The highest BCUT2D eigenvalue weighted by Crippen LogP contribution is 2.22. The quantitative estimate of drug-likeness (QED) is 0.717. The predicted molar refractivity (Wildman–Crippen MR) is 112 cm³/mol. The zero-order chi connectivity index (χ0) is 19.9. The summed E-state index contributed by atoms with van der Waals surface area (Å²) in [7, 11) is 0. The molecule has 0 spiro atoms. The number of hydrogen-bond acceptors (Lipinski definition) is 3. The van der Waals surface area contributed by atoms with Gasteiger partial charge in [0.1, 0.15) is 5.82 Å². The molecule has 7 heteroatoms. The van der Waals surface area contributed by atoms with Crippen LogP contribution in [0.15, 0.2) is 42.5 Å². The molecule has 1 heterocycles. The largest absolute Gasteiger partial charge is 0.339 e. The Hall–Kier alpha value is -2.05. The number of rotatable bonds is 6. The van der Waals surface area contributed by atoms with Crippen molar-refractivity contribution < 1.29 is 14.0 Å². The Bertz CT molecular complexity index is 856. The maximum Gasteiger partial charge on any atom is 0.255 e. The van der Waals surface area contributed by atoms with Crippen molar-refractivity contribution >= 4 is 40.9 Å². The van der Waals surface area contributed by atoms with Gasteiger partial charge in [0.2, 0.25) is 5.91 Å². The lowest BCUT2D eigenvalue weighted by Crippen LogP contribution is -2.36. The van der Waals surface area contributed by atoms with E-state index in [-0.39, 0.29) is 23.4 Å². The number of benzene rings is 2. The lowest BCUT2D eigenvalue weighted by Gasteiger charge is -2.27. The third kappa shape index (κ3) is 5.49. The van der Waals surface area contributed by atoms with Gasteiger partial charge in [-0.1, -0.05) is 29.8 Å². The summed E-state index contributed by atoms with van der Waals surface area (Å²) in [6.45, 7) is 1.51. The maximum atomic E-state index is 13.8. The van der Waals surface area contributed by atoms with Crippen LogP contribution in [-0.2, 0) is 10.5 Å². The summed E-state index contributed by atoms with van der Waals surface area (Å²) < 4.78 is 13.8. The van der Waals surface area contributed by atoms with Crippen LogP contribution >= 0.6 is 23.4 Å². The molecule has 2 amide bonds. The van der Waals surface area contributed by atoms with Gasteiger partial charge in [0.15, 0.2) is 0 Å². The molecule has 0 bridgehead atoms. The van der Waals surface area contributed by atoms with Crippen molar-refractivity contribution in [2.75, 3.05) is 24.2 Å². The van der Waals surface area contributed by atoms with Crippen molar-refractivity contribution in [3.05, 3.63) is 64.4 Å². The number of piperidine rings is 1. The Kier molecular flexibility index (Phi) is 7.34. The van der Waals surface area contributed by atoms with Gasteiger partial charge in [0.05, 0.1) is 17.0 Å². The van der Waals surface area contributed by atoms with E-state index in [1.54, 1.807) is 36.4 Å². The van der Waals surface area contributed by atoms with Gasteiger partial charge in [-0.3, -0.25) is 9.59 Å². The number of nitrogens with zero attached hydrogens (tertiary/aromatic N) is 1. The lowest BCUT2D eigenvalue weighted by atomic mass is 10.1. The Labute approximate surface area is 173 Å². The molecule has 1 fully saturated rings. The minimum absolute atomic E-state index is 0.0495. The first-order valence-corrected chi connectivity index (χ1v) is 10.8.